The van der Waals surface area contributed by atoms with Gasteiger partial charge in [0.15, 0.2) is 10.9 Å². The fraction of sp³-hybridized carbons (Fsp3) is 0.182. The van der Waals surface area contributed by atoms with Gasteiger partial charge in [0, 0.05) is 16.3 Å². The lowest BCUT2D eigenvalue weighted by atomic mass is 10.1. The Hall–Kier alpha value is -3.12. The third-order valence-electron chi connectivity index (χ3n) is 4.41. The normalized spacial score (nSPS) is 11.0. The summed E-state index contributed by atoms with van der Waals surface area (Å²) in [6.07, 6.45) is 0. The molecule has 0 saturated heterocycles. The van der Waals surface area contributed by atoms with Crippen molar-refractivity contribution in [2.24, 2.45) is 0 Å². The number of furan rings is 1. The van der Waals surface area contributed by atoms with E-state index in [9.17, 15) is 4.79 Å². The van der Waals surface area contributed by atoms with Crippen LogP contribution in [-0.4, -0.2) is 17.5 Å². The molecule has 0 radical (unpaired) electrons. The SMILES string of the molecule is CCOc1ccc2oc(-c3csc(NC(=O)c4cc(C)ccc4C)n3)cc2c1. The van der Waals surface area contributed by atoms with E-state index in [1.807, 2.05) is 68.6 Å². The number of aromatic nitrogens is 1. The Morgan fingerprint density at radius 2 is 2.04 bits per heavy atom. The number of fused-ring (bicyclic) bond motifs is 1. The number of rotatable bonds is 5. The van der Waals surface area contributed by atoms with Crippen LogP contribution >= 0.6 is 11.3 Å². The van der Waals surface area contributed by atoms with Crippen LogP contribution in [0.1, 0.15) is 28.4 Å². The summed E-state index contributed by atoms with van der Waals surface area (Å²) in [6.45, 7) is 6.46. The summed E-state index contributed by atoms with van der Waals surface area (Å²) in [7, 11) is 0. The highest BCUT2D eigenvalue weighted by Crippen LogP contribution is 2.32. The monoisotopic (exact) mass is 392 g/mol. The number of aryl methyl sites for hydroxylation is 2. The maximum atomic E-state index is 12.6. The molecule has 6 heteroatoms. The van der Waals surface area contributed by atoms with Gasteiger partial charge in [-0.2, -0.15) is 0 Å². The second-order valence-electron chi connectivity index (χ2n) is 6.55. The van der Waals surface area contributed by atoms with Crippen molar-refractivity contribution in [2.75, 3.05) is 11.9 Å². The first kappa shape index (κ1) is 18.3. The molecular formula is C22H20N2O3S. The smallest absolute Gasteiger partial charge is 0.257 e. The number of carbonyl (C=O) groups excluding carboxylic acids is 1. The van der Waals surface area contributed by atoms with Gasteiger partial charge in [0.1, 0.15) is 17.0 Å². The molecule has 4 aromatic rings. The molecule has 0 spiro atoms. The van der Waals surface area contributed by atoms with Crippen LogP contribution in [0.15, 0.2) is 52.3 Å². The van der Waals surface area contributed by atoms with Gasteiger partial charge in [-0.05, 0) is 56.7 Å². The predicted octanol–water partition coefficient (Wildman–Crippen LogP) is 5.82. The molecule has 1 N–H and O–H groups in total. The lowest BCUT2D eigenvalue weighted by Crippen LogP contribution is -2.13. The first-order chi connectivity index (χ1) is 13.5. The van der Waals surface area contributed by atoms with Crippen LogP contribution in [0.25, 0.3) is 22.4 Å². The lowest BCUT2D eigenvalue weighted by Gasteiger charge is -2.06. The average molecular weight is 392 g/mol. The van der Waals surface area contributed by atoms with Crippen molar-refractivity contribution >= 4 is 33.3 Å². The van der Waals surface area contributed by atoms with E-state index < -0.39 is 0 Å². The van der Waals surface area contributed by atoms with Crippen molar-refractivity contribution in [3.63, 3.8) is 0 Å². The molecule has 142 valence electrons. The molecule has 0 fully saturated rings. The minimum absolute atomic E-state index is 0.159. The Morgan fingerprint density at radius 1 is 1.18 bits per heavy atom. The van der Waals surface area contributed by atoms with Gasteiger partial charge in [-0.25, -0.2) is 4.98 Å². The molecule has 1 amide bonds. The third kappa shape index (κ3) is 3.64. The maximum absolute atomic E-state index is 12.6. The van der Waals surface area contributed by atoms with Crippen molar-refractivity contribution in [3.8, 4) is 17.2 Å². The number of hydrogen-bond acceptors (Lipinski definition) is 5. The molecular weight excluding hydrogens is 372 g/mol. The number of carbonyl (C=O) groups is 1. The Balaban J connectivity index is 1.56. The van der Waals surface area contributed by atoms with Gasteiger partial charge in [0.25, 0.3) is 5.91 Å². The zero-order valence-electron chi connectivity index (χ0n) is 15.9. The number of benzene rings is 2. The summed E-state index contributed by atoms with van der Waals surface area (Å²) in [5.74, 6) is 1.31. The van der Waals surface area contributed by atoms with Crippen molar-refractivity contribution in [2.45, 2.75) is 20.8 Å². The lowest BCUT2D eigenvalue weighted by molar-refractivity contribution is 0.102. The highest BCUT2D eigenvalue weighted by Gasteiger charge is 2.14. The average Bonchev–Trinajstić information content (AvgIpc) is 3.30. The molecule has 0 atom stereocenters. The maximum Gasteiger partial charge on any atom is 0.257 e. The molecule has 2 aromatic heterocycles. The number of ether oxygens (including phenoxy) is 1. The van der Waals surface area contributed by atoms with Crippen LogP contribution in [-0.2, 0) is 0 Å². The zero-order valence-corrected chi connectivity index (χ0v) is 16.7. The topological polar surface area (TPSA) is 64.4 Å². The number of thiazole rings is 1. The van der Waals surface area contributed by atoms with Crippen molar-refractivity contribution in [3.05, 3.63) is 64.5 Å². The summed E-state index contributed by atoms with van der Waals surface area (Å²) in [6, 6.07) is 13.5. The van der Waals surface area contributed by atoms with Crippen LogP contribution in [0, 0.1) is 13.8 Å². The van der Waals surface area contributed by atoms with Gasteiger partial charge in [-0.3, -0.25) is 10.1 Å². The number of nitrogens with zero attached hydrogens (tertiary/aromatic N) is 1. The summed E-state index contributed by atoms with van der Waals surface area (Å²) in [5.41, 5.74) is 4.10. The third-order valence-corrected chi connectivity index (χ3v) is 5.17. The fourth-order valence-corrected chi connectivity index (χ4v) is 3.69. The summed E-state index contributed by atoms with van der Waals surface area (Å²) in [4.78, 5) is 17.1. The summed E-state index contributed by atoms with van der Waals surface area (Å²) >= 11 is 1.37. The van der Waals surface area contributed by atoms with Gasteiger partial charge >= 0.3 is 0 Å². The van der Waals surface area contributed by atoms with Gasteiger partial charge < -0.3 is 9.15 Å². The predicted molar refractivity (Wildman–Crippen MR) is 112 cm³/mol. The fourth-order valence-electron chi connectivity index (χ4n) is 2.99. The van der Waals surface area contributed by atoms with E-state index in [2.05, 4.69) is 10.3 Å². The number of anilines is 1. The second-order valence-corrected chi connectivity index (χ2v) is 7.41. The Morgan fingerprint density at radius 3 is 2.86 bits per heavy atom. The van der Waals surface area contributed by atoms with Crippen LogP contribution in [0.5, 0.6) is 5.75 Å². The summed E-state index contributed by atoms with van der Waals surface area (Å²) in [5, 5.41) is 6.25. The first-order valence-corrected chi connectivity index (χ1v) is 9.92. The number of amides is 1. The van der Waals surface area contributed by atoms with E-state index in [0.29, 0.717) is 28.8 Å². The number of hydrogen-bond donors (Lipinski definition) is 1. The minimum Gasteiger partial charge on any atom is -0.494 e. The first-order valence-electron chi connectivity index (χ1n) is 9.04. The standard InChI is InChI=1S/C22H20N2O3S/c1-4-26-16-7-8-19-15(10-16)11-20(27-19)18-12-28-22(23-18)24-21(25)17-9-13(2)5-6-14(17)3/h5-12H,4H2,1-3H3,(H,23,24,25). The molecule has 0 bridgehead atoms. The molecule has 5 nitrogen and oxygen atoms in total. The van der Waals surface area contributed by atoms with E-state index >= 15 is 0 Å². The Bertz CT molecular complexity index is 1160. The molecule has 2 aromatic carbocycles. The Labute approximate surface area is 167 Å². The van der Waals surface area contributed by atoms with Crippen LogP contribution < -0.4 is 10.1 Å². The molecule has 0 aliphatic heterocycles. The Kier molecular flexibility index (Phi) is 4.88. The van der Waals surface area contributed by atoms with Gasteiger partial charge in [-0.15, -0.1) is 11.3 Å². The molecule has 28 heavy (non-hydrogen) atoms. The van der Waals surface area contributed by atoms with Crippen molar-refractivity contribution in [1.82, 2.24) is 4.98 Å². The molecule has 0 aliphatic rings. The molecule has 0 unspecified atom stereocenters. The minimum atomic E-state index is -0.159. The largest absolute Gasteiger partial charge is 0.494 e. The van der Waals surface area contributed by atoms with Crippen LogP contribution in [0.4, 0.5) is 5.13 Å². The van der Waals surface area contributed by atoms with E-state index in [0.717, 1.165) is 27.8 Å². The summed E-state index contributed by atoms with van der Waals surface area (Å²) < 4.78 is 11.4. The van der Waals surface area contributed by atoms with E-state index in [-0.39, 0.29) is 5.91 Å². The zero-order chi connectivity index (χ0) is 19.7. The highest BCUT2D eigenvalue weighted by atomic mass is 32.1. The van der Waals surface area contributed by atoms with Crippen molar-refractivity contribution < 1.29 is 13.9 Å². The van der Waals surface area contributed by atoms with E-state index in [4.69, 9.17) is 9.15 Å². The van der Waals surface area contributed by atoms with Gasteiger partial charge in [-0.1, -0.05) is 17.7 Å². The number of nitrogens with one attached hydrogen (secondary N) is 1. The van der Waals surface area contributed by atoms with Gasteiger partial charge in [0.05, 0.1) is 6.61 Å². The van der Waals surface area contributed by atoms with E-state index in [1.54, 1.807) is 0 Å². The molecule has 2 heterocycles. The second kappa shape index (κ2) is 7.48. The van der Waals surface area contributed by atoms with Crippen LogP contribution in [0.3, 0.4) is 0 Å². The molecule has 0 aliphatic carbocycles. The van der Waals surface area contributed by atoms with Crippen LogP contribution in [0.2, 0.25) is 0 Å². The molecule has 4 rings (SSSR count). The van der Waals surface area contributed by atoms with Gasteiger partial charge in [0.2, 0.25) is 0 Å². The van der Waals surface area contributed by atoms with E-state index in [1.165, 1.54) is 11.3 Å². The van der Waals surface area contributed by atoms with Crippen molar-refractivity contribution in [1.29, 1.82) is 0 Å². The quantitative estimate of drug-likeness (QED) is 0.464. The molecule has 0 saturated carbocycles. The highest BCUT2D eigenvalue weighted by molar-refractivity contribution is 7.14.